The van der Waals surface area contributed by atoms with Crippen LogP contribution in [-0.4, -0.2) is 21.3 Å². The summed E-state index contributed by atoms with van der Waals surface area (Å²) in [5.74, 6) is 1.75. The van der Waals surface area contributed by atoms with Crippen LogP contribution in [0, 0.1) is 5.92 Å². The molecular weight excluding hydrogens is 176 g/mol. The van der Waals surface area contributed by atoms with E-state index in [2.05, 4.69) is 40.9 Å². The van der Waals surface area contributed by atoms with Crippen molar-refractivity contribution in [3.05, 3.63) is 12.2 Å². The molecule has 0 aromatic carbocycles. The van der Waals surface area contributed by atoms with E-state index in [9.17, 15) is 0 Å². The molecule has 0 aliphatic heterocycles. The predicted molar refractivity (Wildman–Crippen MR) is 56.9 cm³/mol. The van der Waals surface area contributed by atoms with Crippen LogP contribution in [0.25, 0.3) is 0 Å². The van der Waals surface area contributed by atoms with Crippen LogP contribution in [0.3, 0.4) is 0 Å². The molecule has 4 heteroatoms. The average molecular weight is 196 g/mol. The van der Waals surface area contributed by atoms with E-state index < -0.39 is 0 Å². The fraction of sp³-hybridized carbons (Fsp3) is 0.800. The van der Waals surface area contributed by atoms with Crippen molar-refractivity contribution < 1.29 is 0 Å². The van der Waals surface area contributed by atoms with E-state index in [-0.39, 0.29) is 0 Å². The van der Waals surface area contributed by atoms with E-state index >= 15 is 0 Å². The van der Waals surface area contributed by atoms with E-state index in [0.717, 1.165) is 31.4 Å². The van der Waals surface area contributed by atoms with Gasteiger partial charge in [0.1, 0.15) is 12.2 Å². The Balaban J connectivity index is 2.31. The van der Waals surface area contributed by atoms with Crippen molar-refractivity contribution in [2.24, 2.45) is 5.92 Å². The van der Waals surface area contributed by atoms with Gasteiger partial charge in [-0.25, -0.2) is 0 Å². The van der Waals surface area contributed by atoms with Crippen LogP contribution >= 0.6 is 0 Å². The monoisotopic (exact) mass is 196 g/mol. The van der Waals surface area contributed by atoms with Gasteiger partial charge in [0.15, 0.2) is 0 Å². The number of hydrogen-bond donors (Lipinski definition) is 1. The van der Waals surface area contributed by atoms with Crippen molar-refractivity contribution in [2.45, 2.75) is 40.3 Å². The molecule has 0 amide bonds. The summed E-state index contributed by atoms with van der Waals surface area (Å²) in [6.45, 7) is 9.36. The van der Waals surface area contributed by atoms with Crippen LogP contribution < -0.4 is 5.32 Å². The van der Waals surface area contributed by atoms with Gasteiger partial charge >= 0.3 is 0 Å². The zero-order valence-corrected chi connectivity index (χ0v) is 9.32. The van der Waals surface area contributed by atoms with Gasteiger partial charge in [-0.3, -0.25) is 0 Å². The second kappa shape index (κ2) is 5.75. The Morgan fingerprint density at radius 3 is 2.93 bits per heavy atom. The summed E-state index contributed by atoms with van der Waals surface area (Å²) in [4.78, 5) is 0. The summed E-state index contributed by atoms with van der Waals surface area (Å²) < 4.78 is 2.06. The Hall–Kier alpha value is -0.900. The summed E-state index contributed by atoms with van der Waals surface area (Å²) >= 11 is 0. The molecule has 0 fully saturated rings. The first-order chi connectivity index (χ1) is 6.77. The zero-order chi connectivity index (χ0) is 10.4. The molecule has 0 aliphatic rings. The maximum atomic E-state index is 4.06. The first-order valence-corrected chi connectivity index (χ1v) is 5.35. The van der Waals surface area contributed by atoms with Gasteiger partial charge in [0.2, 0.25) is 0 Å². The van der Waals surface area contributed by atoms with Crippen LogP contribution in [0.1, 0.15) is 33.0 Å². The molecule has 0 radical (unpaired) electrons. The first-order valence-electron chi connectivity index (χ1n) is 5.35. The minimum atomic E-state index is 0.730. The van der Waals surface area contributed by atoms with Crippen molar-refractivity contribution in [1.29, 1.82) is 0 Å². The molecule has 0 spiro atoms. The van der Waals surface area contributed by atoms with E-state index in [0.29, 0.717) is 0 Å². The molecule has 80 valence electrons. The molecule has 1 atom stereocenters. The maximum Gasteiger partial charge on any atom is 0.146 e. The minimum Gasteiger partial charge on any atom is -0.317 e. The van der Waals surface area contributed by atoms with Crippen molar-refractivity contribution >= 4 is 0 Å². The van der Waals surface area contributed by atoms with Gasteiger partial charge < -0.3 is 9.88 Å². The fourth-order valence-corrected chi connectivity index (χ4v) is 1.25. The van der Waals surface area contributed by atoms with Crippen LogP contribution in [0.5, 0.6) is 0 Å². The standard InChI is InChI=1S/C10H20N4/c1-4-9(3)6-11-7-10-13-12-8-14(10)5-2/h8-9,11H,4-7H2,1-3H3. The van der Waals surface area contributed by atoms with Gasteiger partial charge in [-0.2, -0.15) is 0 Å². The summed E-state index contributed by atoms with van der Waals surface area (Å²) in [7, 11) is 0. The quantitative estimate of drug-likeness (QED) is 0.748. The summed E-state index contributed by atoms with van der Waals surface area (Å²) in [5.41, 5.74) is 0. The SMILES string of the molecule is CCC(C)CNCc1nncn1CC. The molecule has 1 aromatic heterocycles. The molecule has 0 saturated carbocycles. The van der Waals surface area contributed by atoms with Crippen molar-refractivity contribution in [1.82, 2.24) is 20.1 Å². The molecular formula is C10H20N4. The van der Waals surface area contributed by atoms with Crippen molar-refractivity contribution in [3.8, 4) is 0 Å². The highest BCUT2D eigenvalue weighted by atomic mass is 15.3. The minimum absolute atomic E-state index is 0.730. The molecule has 1 heterocycles. The Kier molecular flexibility index (Phi) is 4.59. The second-order valence-electron chi connectivity index (χ2n) is 3.68. The number of aromatic nitrogens is 3. The lowest BCUT2D eigenvalue weighted by Crippen LogP contribution is -2.22. The number of aryl methyl sites for hydroxylation is 1. The lowest BCUT2D eigenvalue weighted by atomic mass is 10.1. The normalized spacial score (nSPS) is 13.1. The van der Waals surface area contributed by atoms with Gasteiger partial charge in [-0.15, -0.1) is 10.2 Å². The van der Waals surface area contributed by atoms with Crippen molar-refractivity contribution in [2.75, 3.05) is 6.54 Å². The van der Waals surface area contributed by atoms with Gasteiger partial charge in [0.25, 0.3) is 0 Å². The van der Waals surface area contributed by atoms with E-state index in [4.69, 9.17) is 0 Å². The van der Waals surface area contributed by atoms with E-state index in [1.54, 1.807) is 6.33 Å². The highest BCUT2D eigenvalue weighted by Crippen LogP contribution is 1.99. The zero-order valence-electron chi connectivity index (χ0n) is 9.32. The molecule has 1 rings (SSSR count). The number of nitrogens with zero attached hydrogens (tertiary/aromatic N) is 3. The second-order valence-corrected chi connectivity index (χ2v) is 3.68. The van der Waals surface area contributed by atoms with Gasteiger partial charge in [0.05, 0.1) is 6.54 Å². The van der Waals surface area contributed by atoms with Crippen LogP contribution in [-0.2, 0) is 13.1 Å². The molecule has 1 N–H and O–H groups in total. The lowest BCUT2D eigenvalue weighted by molar-refractivity contribution is 0.487. The van der Waals surface area contributed by atoms with Crippen LogP contribution in [0.15, 0.2) is 6.33 Å². The molecule has 0 saturated heterocycles. The van der Waals surface area contributed by atoms with Gasteiger partial charge in [0, 0.05) is 6.54 Å². The van der Waals surface area contributed by atoms with E-state index in [1.165, 1.54) is 6.42 Å². The lowest BCUT2D eigenvalue weighted by Gasteiger charge is -2.09. The third-order valence-corrected chi connectivity index (χ3v) is 2.51. The summed E-state index contributed by atoms with van der Waals surface area (Å²) in [6.07, 6.45) is 2.99. The highest BCUT2D eigenvalue weighted by Gasteiger charge is 2.02. The maximum absolute atomic E-state index is 4.06. The highest BCUT2D eigenvalue weighted by molar-refractivity contribution is 4.84. The average Bonchev–Trinajstić information content (AvgIpc) is 2.65. The fourth-order valence-electron chi connectivity index (χ4n) is 1.25. The van der Waals surface area contributed by atoms with Crippen LogP contribution in [0.4, 0.5) is 0 Å². The number of rotatable bonds is 6. The Morgan fingerprint density at radius 1 is 1.50 bits per heavy atom. The predicted octanol–water partition coefficient (Wildman–Crippen LogP) is 1.43. The summed E-state index contributed by atoms with van der Waals surface area (Å²) in [5, 5.41) is 11.3. The smallest absolute Gasteiger partial charge is 0.146 e. The molecule has 1 aromatic rings. The first kappa shape index (κ1) is 11.2. The molecule has 14 heavy (non-hydrogen) atoms. The number of nitrogens with one attached hydrogen (secondary N) is 1. The Morgan fingerprint density at radius 2 is 2.29 bits per heavy atom. The van der Waals surface area contributed by atoms with Gasteiger partial charge in [-0.05, 0) is 19.4 Å². The summed E-state index contributed by atoms with van der Waals surface area (Å²) in [6, 6.07) is 0. The third kappa shape index (κ3) is 3.10. The topological polar surface area (TPSA) is 42.7 Å². The molecule has 0 aliphatic carbocycles. The molecule has 0 bridgehead atoms. The van der Waals surface area contributed by atoms with Crippen LogP contribution in [0.2, 0.25) is 0 Å². The Bertz CT molecular complexity index is 256. The Labute approximate surface area is 85.7 Å². The number of hydrogen-bond acceptors (Lipinski definition) is 3. The third-order valence-electron chi connectivity index (χ3n) is 2.51. The molecule has 1 unspecified atom stereocenters. The van der Waals surface area contributed by atoms with Crippen molar-refractivity contribution in [3.63, 3.8) is 0 Å². The van der Waals surface area contributed by atoms with Gasteiger partial charge in [-0.1, -0.05) is 20.3 Å². The van der Waals surface area contributed by atoms with E-state index in [1.807, 2.05) is 0 Å². The largest absolute Gasteiger partial charge is 0.317 e. The molecule has 4 nitrogen and oxygen atoms in total.